The predicted octanol–water partition coefficient (Wildman–Crippen LogP) is 4.65. The molecule has 2 atom stereocenters. The molecular formula is C20H34O4. The van der Waals surface area contributed by atoms with Gasteiger partial charge in [-0.2, -0.15) is 0 Å². The van der Waals surface area contributed by atoms with Crippen molar-refractivity contribution in [3.63, 3.8) is 0 Å². The van der Waals surface area contributed by atoms with Gasteiger partial charge in [0.1, 0.15) is 5.78 Å². The third-order valence-corrected chi connectivity index (χ3v) is 5.09. The maximum atomic E-state index is 12.4. The lowest BCUT2D eigenvalue weighted by Gasteiger charge is -2.24. The molecule has 2 unspecified atom stereocenters. The number of carboxylic acid groups (broad SMARTS) is 1. The Morgan fingerprint density at radius 2 is 1.96 bits per heavy atom. The molecule has 2 N–H and O–H groups in total. The normalized spacial score (nSPS) is 22.3. The Morgan fingerprint density at radius 1 is 1.21 bits per heavy atom. The van der Waals surface area contributed by atoms with Crippen LogP contribution in [0.3, 0.4) is 0 Å². The summed E-state index contributed by atoms with van der Waals surface area (Å²) in [5, 5.41) is 18.7. The topological polar surface area (TPSA) is 74.6 Å². The highest BCUT2D eigenvalue weighted by atomic mass is 16.4. The second-order valence-electron chi connectivity index (χ2n) is 7.16. The van der Waals surface area contributed by atoms with E-state index in [1.807, 2.05) is 12.2 Å². The van der Waals surface area contributed by atoms with Gasteiger partial charge in [0, 0.05) is 18.3 Å². The number of carbonyl (C=O) groups excluding carboxylic acids is 1. The Kier molecular flexibility index (Phi) is 9.92. The lowest BCUT2D eigenvalue weighted by Crippen LogP contribution is -2.23. The van der Waals surface area contributed by atoms with Crippen molar-refractivity contribution in [3.8, 4) is 0 Å². The molecule has 138 valence electrons. The highest BCUT2D eigenvalue weighted by molar-refractivity contribution is 5.88. The van der Waals surface area contributed by atoms with Crippen LogP contribution in [0, 0.1) is 5.41 Å². The maximum Gasteiger partial charge on any atom is 0.303 e. The minimum atomic E-state index is -0.738. The van der Waals surface area contributed by atoms with Gasteiger partial charge in [-0.05, 0) is 32.1 Å². The Balaban J connectivity index is 2.42. The van der Waals surface area contributed by atoms with Crippen LogP contribution in [0.2, 0.25) is 0 Å². The number of hydrogen-bond acceptors (Lipinski definition) is 3. The summed E-state index contributed by atoms with van der Waals surface area (Å²) >= 11 is 0. The Labute approximate surface area is 146 Å². The second kappa shape index (κ2) is 11.4. The number of carboxylic acids is 1. The molecule has 0 aromatic carbocycles. The Morgan fingerprint density at radius 3 is 2.58 bits per heavy atom. The molecule has 0 radical (unpaired) electrons. The van der Waals surface area contributed by atoms with Crippen LogP contribution in [0.25, 0.3) is 0 Å². The van der Waals surface area contributed by atoms with Gasteiger partial charge in [0.25, 0.3) is 0 Å². The largest absolute Gasteiger partial charge is 0.481 e. The molecule has 4 heteroatoms. The fraction of sp³-hybridized carbons (Fsp3) is 0.800. The summed E-state index contributed by atoms with van der Waals surface area (Å²) in [6, 6.07) is 0. The molecule has 0 amide bonds. The van der Waals surface area contributed by atoms with Crippen LogP contribution in [0.5, 0.6) is 0 Å². The Bertz CT molecular complexity index is 416. The molecule has 0 aliphatic heterocycles. The number of unbranched alkanes of at least 4 members (excludes halogenated alkanes) is 5. The van der Waals surface area contributed by atoms with Crippen LogP contribution in [0.15, 0.2) is 12.2 Å². The number of aliphatic carboxylic acids is 1. The van der Waals surface area contributed by atoms with Gasteiger partial charge in [-0.15, -0.1) is 0 Å². The first-order chi connectivity index (χ1) is 11.5. The smallest absolute Gasteiger partial charge is 0.303 e. The summed E-state index contributed by atoms with van der Waals surface area (Å²) < 4.78 is 0. The summed E-state index contributed by atoms with van der Waals surface area (Å²) in [7, 11) is 0. The molecule has 24 heavy (non-hydrogen) atoms. The van der Waals surface area contributed by atoms with E-state index in [0.717, 1.165) is 64.2 Å². The number of Topliss-reactive ketones (excluding diaryl/α,β-unsaturated/α-hetero) is 1. The average Bonchev–Trinajstić information content (AvgIpc) is 2.90. The van der Waals surface area contributed by atoms with E-state index >= 15 is 0 Å². The third kappa shape index (κ3) is 7.61. The van der Waals surface area contributed by atoms with E-state index in [9.17, 15) is 14.7 Å². The number of ketones is 1. The van der Waals surface area contributed by atoms with Crippen LogP contribution < -0.4 is 0 Å². The van der Waals surface area contributed by atoms with E-state index in [4.69, 9.17) is 5.11 Å². The zero-order chi connectivity index (χ0) is 17.8. The molecular weight excluding hydrogens is 304 g/mol. The summed E-state index contributed by atoms with van der Waals surface area (Å²) in [4.78, 5) is 22.9. The van der Waals surface area contributed by atoms with Crippen LogP contribution in [0.1, 0.15) is 90.4 Å². The van der Waals surface area contributed by atoms with Crippen molar-refractivity contribution in [2.24, 2.45) is 5.41 Å². The molecule has 0 aromatic rings. The van der Waals surface area contributed by atoms with Crippen LogP contribution in [-0.2, 0) is 9.59 Å². The van der Waals surface area contributed by atoms with Crippen molar-refractivity contribution < 1.29 is 19.8 Å². The molecule has 0 spiro atoms. The zero-order valence-corrected chi connectivity index (χ0v) is 15.1. The van der Waals surface area contributed by atoms with Crippen molar-refractivity contribution in [2.75, 3.05) is 0 Å². The first-order valence-electron chi connectivity index (χ1n) is 9.62. The minimum absolute atomic E-state index is 0.230. The molecule has 1 fully saturated rings. The molecule has 1 rings (SSSR count). The highest BCUT2D eigenvalue weighted by Crippen LogP contribution is 2.41. The van der Waals surface area contributed by atoms with E-state index in [-0.39, 0.29) is 11.8 Å². The fourth-order valence-electron chi connectivity index (χ4n) is 3.54. The Hall–Kier alpha value is -1.16. The SMILES string of the molecule is CCCCCC(O)/C=C/C1(CCCCCCC(=O)O)CCCC1=O. The number of rotatable bonds is 13. The van der Waals surface area contributed by atoms with Crippen LogP contribution in [-0.4, -0.2) is 28.1 Å². The number of hydrogen-bond donors (Lipinski definition) is 2. The number of carbonyl (C=O) groups is 2. The van der Waals surface area contributed by atoms with Gasteiger partial charge < -0.3 is 10.2 Å². The summed E-state index contributed by atoms with van der Waals surface area (Å²) in [5.41, 5.74) is -0.376. The summed E-state index contributed by atoms with van der Waals surface area (Å²) in [6.45, 7) is 2.14. The zero-order valence-electron chi connectivity index (χ0n) is 15.1. The van der Waals surface area contributed by atoms with Crippen molar-refractivity contribution in [1.82, 2.24) is 0 Å². The van der Waals surface area contributed by atoms with Crippen molar-refractivity contribution in [1.29, 1.82) is 0 Å². The van der Waals surface area contributed by atoms with E-state index in [2.05, 4.69) is 6.92 Å². The maximum absolute atomic E-state index is 12.4. The standard InChI is InChI=1S/C20H34O4/c1-2-3-6-10-17(21)13-16-20(15-9-11-18(20)22)14-8-5-4-7-12-19(23)24/h13,16-17,21H,2-12,14-15H2,1H3,(H,23,24)/b16-13+. The fourth-order valence-corrected chi connectivity index (χ4v) is 3.54. The molecule has 0 saturated heterocycles. The molecule has 1 saturated carbocycles. The molecule has 0 heterocycles. The van der Waals surface area contributed by atoms with E-state index in [0.29, 0.717) is 18.6 Å². The van der Waals surface area contributed by atoms with Gasteiger partial charge in [-0.1, -0.05) is 57.6 Å². The summed E-state index contributed by atoms with van der Waals surface area (Å²) in [6.07, 6.45) is 14.5. The molecule has 0 aromatic heterocycles. The number of aliphatic hydroxyl groups excluding tert-OH is 1. The lowest BCUT2D eigenvalue weighted by atomic mass is 9.79. The number of allylic oxidation sites excluding steroid dienone is 1. The van der Waals surface area contributed by atoms with Crippen LogP contribution >= 0.6 is 0 Å². The minimum Gasteiger partial charge on any atom is -0.481 e. The van der Waals surface area contributed by atoms with Crippen molar-refractivity contribution in [3.05, 3.63) is 12.2 Å². The van der Waals surface area contributed by atoms with Gasteiger partial charge in [-0.3, -0.25) is 9.59 Å². The third-order valence-electron chi connectivity index (χ3n) is 5.09. The van der Waals surface area contributed by atoms with Crippen molar-refractivity contribution in [2.45, 2.75) is 96.5 Å². The molecule has 1 aliphatic carbocycles. The molecule has 4 nitrogen and oxygen atoms in total. The van der Waals surface area contributed by atoms with Crippen LogP contribution in [0.4, 0.5) is 0 Å². The number of aliphatic hydroxyl groups is 1. The average molecular weight is 338 g/mol. The second-order valence-corrected chi connectivity index (χ2v) is 7.16. The molecule has 1 aliphatic rings. The van der Waals surface area contributed by atoms with Gasteiger partial charge >= 0.3 is 5.97 Å². The first-order valence-corrected chi connectivity index (χ1v) is 9.62. The van der Waals surface area contributed by atoms with E-state index in [1.165, 1.54) is 0 Å². The van der Waals surface area contributed by atoms with Gasteiger partial charge in [0.05, 0.1) is 6.10 Å². The molecule has 0 bridgehead atoms. The lowest BCUT2D eigenvalue weighted by molar-refractivity contribution is -0.137. The van der Waals surface area contributed by atoms with Crippen molar-refractivity contribution >= 4 is 11.8 Å². The van der Waals surface area contributed by atoms with E-state index in [1.54, 1.807) is 0 Å². The van der Waals surface area contributed by atoms with Gasteiger partial charge in [0.2, 0.25) is 0 Å². The van der Waals surface area contributed by atoms with E-state index < -0.39 is 12.1 Å². The first kappa shape index (κ1) is 20.9. The quantitative estimate of drug-likeness (QED) is 0.379. The summed E-state index contributed by atoms with van der Waals surface area (Å²) in [5.74, 6) is -0.428. The predicted molar refractivity (Wildman–Crippen MR) is 95.9 cm³/mol. The van der Waals surface area contributed by atoms with Gasteiger partial charge in [0.15, 0.2) is 0 Å². The highest BCUT2D eigenvalue weighted by Gasteiger charge is 2.38. The monoisotopic (exact) mass is 338 g/mol. The van der Waals surface area contributed by atoms with Gasteiger partial charge in [-0.25, -0.2) is 0 Å².